The molecule has 2 bridgehead atoms. The van der Waals surface area contributed by atoms with Gasteiger partial charge in [-0.25, -0.2) is 0 Å². The van der Waals surface area contributed by atoms with Gasteiger partial charge in [0.15, 0.2) is 22.3 Å². The first-order valence-corrected chi connectivity index (χ1v) is 9.99. The van der Waals surface area contributed by atoms with Crippen LogP contribution in [0.3, 0.4) is 0 Å². The standard InChI is InChI=1S/C22H26N2O2S/c1-5-25-19-8-6-7-17-18-13-22(4,26-20(17)19)24(21(27)23-18)16-11-9-15(10-12-16)14(2)3/h6-12,14,18H,5,13H2,1-4H3,(H,23,27)/t18-,22+/m1/s1. The number of ether oxygens (including phenoxy) is 2. The Morgan fingerprint density at radius 1 is 1.26 bits per heavy atom. The number of rotatable bonds is 4. The number of thiocarbonyl (C=S) groups is 1. The summed E-state index contributed by atoms with van der Waals surface area (Å²) in [7, 11) is 0. The van der Waals surface area contributed by atoms with Gasteiger partial charge in [0.2, 0.25) is 0 Å². The number of anilines is 1. The monoisotopic (exact) mass is 382 g/mol. The van der Waals surface area contributed by atoms with Crippen LogP contribution in [-0.2, 0) is 0 Å². The fourth-order valence-electron chi connectivity index (χ4n) is 4.03. The van der Waals surface area contributed by atoms with Crippen molar-refractivity contribution in [3.05, 3.63) is 53.6 Å². The van der Waals surface area contributed by atoms with Crippen LogP contribution in [0.1, 0.15) is 57.2 Å². The van der Waals surface area contributed by atoms with Crippen LogP contribution in [0, 0.1) is 0 Å². The maximum Gasteiger partial charge on any atom is 0.188 e. The van der Waals surface area contributed by atoms with Gasteiger partial charge in [-0.1, -0.05) is 38.1 Å². The Kier molecular flexibility index (Phi) is 4.50. The first-order valence-electron chi connectivity index (χ1n) is 9.58. The largest absolute Gasteiger partial charge is 0.490 e. The summed E-state index contributed by atoms with van der Waals surface area (Å²) in [5.41, 5.74) is 2.89. The minimum Gasteiger partial charge on any atom is -0.490 e. The molecule has 5 heteroatoms. The van der Waals surface area contributed by atoms with E-state index in [0.717, 1.165) is 29.2 Å². The SMILES string of the molecule is CCOc1cccc2c1O[C@@]1(C)C[C@H]2NC(=S)N1c1ccc(C(C)C)cc1. The van der Waals surface area contributed by atoms with Gasteiger partial charge in [0.25, 0.3) is 0 Å². The van der Waals surface area contributed by atoms with Crippen LogP contribution in [0.4, 0.5) is 5.69 Å². The van der Waals surface area contributed by atoms with Crippen molar-refractivity contribution in [3.63, 3.8) is 0 Å². The topological polar surface area (TPSA) is 33.7 Å². The Hall–Kier alpha value is -2.27. The van der Waals surface area contributed by atoms with Gasteiger partial charge in [0.1, 0.15) is 0 Å². The lowest BCUT2D eigenvalue weighted by atomic mass is 9.90. The first kappa shape index (κ1) is 18.1. The van der Waals surface area contributed by atoms with Crippen LogP contribution < -0.4 is 19.7 Å². The fraction of sp³-hybridized carbons (Fsp3) is 0.409. The van der Waals surface area contributed by atoms with Crippen molar-refractivity contribution in [3.8, 4) is 11.5 Å². The molecule has 0 radical (unpaired) electrons. The van der Waals surface area contributed by atoms with Crippen molar-refractivity contribution in [2.75, 3.05) is 11.5 Å². The smallest absolute Gasteiger partial charge is 0.188 e. The molecule has 1 N–H and O–H groups in total. The Balaban J connectivity index is 1.74. The van der Waals surface area contributed by atoms with Crippen LogP contribution in [-0.4, -0.2) is 17.4 Å². The molecule has 0 saturated carbocycles. The van der Waals surface area contributed by atoms with Crippen LogP contribution >= 0.6 is 12.2 Å². The zero-order chi connectivity index (χ0) is 19.2. The fourth-order valence-corrected chi connectivity index (χ4v) is 4.47. The summed E-state index contributed by atoms with van der Waals surface area (Å²) in [5.74, 6) is 2.10. The second-order valence-corrected chi connectivity index (χ2v) is 8.06. The molecular weight excluding hydrogens is 356 g/mol. The van der Waals surface area contributed by atoms with E-state index in [1.807, 2.05) is 19.1 Å². The van der Waals surface area contributed by atoms with Gasteiger partial charge in [0.05, 0.1) is 12.6 Å². The molecule has 4 nitrogen and oxygen atoms in total. The summed E-state index contributed by atoms with van der Waals surface area (Å²) < 4.78 is 12.4. The molecule has 2 atom stereocenters. The van der Waals surface area contributed by atoms with Gasteiger partial charge in [-0.3, -0.25) is 4.90 Å². The molecule has 0 aliphatic carbocycles. The normalized spacial score (nSPS) is 23.5. The number of fused-ring (bicyclic) bond motifs is 4. The second kappa shape index (κ2) is 6.71. The number of para-hydroxylation sites is 1. The maximum atomic E-state index is 6.56. The molecule has 0 aromatic heterocycles. The highest BCUT2D eigenvalue weighted by Crippen LogP contribution is 2.49. The van der Waals surface area contributed by atoms with Crippen molar-refractivity contribution in [2.24, 2.45) is 0 Å². The van der Waals surface area contributed by atoms with E-state index in [0.29, 0.717) is 17.6 Å². The van der Waals surface area contributed by atoms with E-state index in [4.69, 9.17) is 21.7 Å². The van der Waals surface area contributed by atoms with Crippen molar-refractivity contribution in [2.45, 2.75) is 51.8 Å². The average Bonchev–Trinajstić information content (AvgIpc) is 2.62. The highest BCUT2D eigenvalue weighted by atomic mass is 32.1. The number of nitrogens with one attached hydrogen (secondary N) is 1. The van der Waals surface area contributed by atoms with E-state index in [2.05, 4.69) is 61.3 Å². The minimum absolute atomic E-state index is 0.123. The Labute approximate surface area is 166 Å². The van der Waals surface area contributed by atoms with E-state index in [9.17, 15) is 0 Å². The summed E-state index contributed by atoms with van der Waals surface area (Å²) in [4.78, 5) is 2.09. The third-order valence-electron chi connectivity index (χ3n) is 5.38. The average molecular weight is 383 g/mol. The van der Waals surface area contributed by atoms with Gasteiger partial charge < -0.3 is 14.8 Å². The van der Waals surface area contributed by atoms with Crippen LogP contribution in [0.5, 0.6) is 11.5 Å². The number of hydrogen-bond donors (Lipinski definition) is 1. The van der Waals surface area contributed by atoms with Crippen molar-refractivity contribution in [1.82, 2.24) is 5.32 Å². The highest BCUT2D eigenvalue weighted by Gasteiger charge is 2.49. The van der Waals surface area contributed by atoms with E-state index in [1.165, 1.54) is 5.56 Å². The number of benzene rings is 2. The summed E-state index contributed by atoms with van der Waals surface area (Å²) in [6.45, 7) is 9.10. The van der Waals surface area contributed by atoms with Gasteiger partial charge in [0, 0.05) is 17.7 Å². The zero-order valence-electron chi connectivity index (χ0n) is 16.3. The highest BCUT2D eigenvalue weighted by molar-refractivity contribution is 7.80. The van der Waals surface area contributed by atoms with E-state index < -0.39 is 5.72 Å². The molecular formula is C22H26N2O2S. The molecule has 0 amide bonds. The zero-order valence-corrected chi connectivity index (χ0v) is 17.1. The third-order valence-corrected chi connectivity index (χ3v) is 5.68. The molecule has 2 aromatic carbocycles. The Morgan fingerprint density at radius 3 is 2.67 bits per heavy atom. The molecule has 0 spiro atoms. The lowest BCUT2D eigenvalue weighted by molar-refractivity contribution is 0.0457. The molecule has 142 valence electrons. The molecule has 1 saturated heterocycles. The van der Waals surface area contributed by atoms with E-state index in [1.54, 1.807) is 0 Å². The molecule has 2 heterocycles. The van der Waals surface area contributed by atoms with Crippen molar-refractivity contribution < 1.29 is 9.47 Å². The second-order valence-electron chi connectivity index (χ2n) is 7.67. The molecule has 2 aliphatic heterocycles. The molecule has 4 rings (SSSR count). The van der Waals surface area contributed by atoms with Gasteiger partial charge in [-0.05, 0) is 55.7 Å². The Morgan fingerprint density at radius 2 is 2.00 bits per heavy atom. The lowest BCUT2D eigenvalue weighted by Crippen LogP contribution is -2.65. The van der Waals surface area contributed by atoms with Crippen LogP contribution in [0.2, 0.25) is 0 Å². The molecule has 2 aromatic rings. The lowest BCUT2D eigenvalue weighted by Gasteiger charge is -2.52. The molecule has 0 unspecified atom stereocenters. The molecule has 1 fully saturated rings. The van der Waals surface area contributed by atoms with E-state index in [-0.39, 0.29) is 6.04 Å². The summed E-state index contributed by atoms with van der Waals surface area (Å²) in [6, 6.07) is 14.8. The minimum atomic E-state index is -0.563. The van der Waals surface area contributed by atoms with Gasteiger partial charge in [-0.15, -0.1) is 0 Å². The number of hydrogen-bond acceptors (Lipinski definition) is 3. The van der Waals surface area contributed by atoms with Gasteiger partial charge >= 0.3 is 0 Å². The molecule has 27 heavy (non-hydrogen) atoms. The summed E-state index contributed by atoms with van der Waals surface area (Å²) in [6.07, 6.45) is 0.807. The third kappa shape index (κ3) is 3.04. The van der Waals surface area contributed by atoms with Crippen molar-refractivity contribution in [1.29, 1.82) is 0 Å². The summed E-state index contributed by atoms with van der Waals surface area (Å²) in [5, 5.41) is 4.20. The number of nitrogens with zero attached hydrogens (tertiary/aromatic N) is 1. The first-order chi connectivity index (χ1) is 12.9. The summed E-state index contributed by atoms with van der Waals surface area (Å²) >= 11 is 5.74. The van der Waals surface area contributed by atoms with Crippen LogP contribution in [0.25, 0.3) is 0 Å². The predicted octanol–water partition coefficient (Wildman–Crippen LogP) is 5.14. The maximum absolute atomic E-state index is 6.56. The van der Waals surface area contributed by atoms with Gasteiger partial charge in [-0.2, -0.15) is 0 Å². The van der Waals surface area contributed by atoms with Crippen molar-refractivity contribution >= 4 is 23.0 Å². The predicted molar refractivity (Wildman–Crippen MR) is 113 cm³/mol. The van der Waals surface area contributed by atoms with Crippen LogP contribution in [0.15, 0.2) is 42.5 Å². The Bertz CT molecular complexity index is 865. The molecule has 2 aliphatic rings. The quantitative estimate of drug-likeness (QED) is 0.740. The van der Waals surface area contributed by atoms with E-state index >= 15 is 0 Å².